The van der Waals surface area contributed by atoms with Crippen LogP contribution >= 0.6 is 0 Å². The van der Waals surface area contributed by atoms with Gasteiger partial charge in [-0.1, -0.05) is 0 Å². The molecule has 2 amide bonds. The van der Waals surface area contributed by atoms with Gasteiger partial charge in [0.1, 0.15) is 0 Å². The molecule has 1 aliphatic rings. The third-order valence-corrected chi connectivity index (χ3v) is 1.19. The van der Waals surface area contributed by atoms with Crippen molar-refractivity contribution in [1.29, 1.82) is 0 Å². The van der Waals surface area contributed by atoms with Crippen molar-refractivity contribution in [3.63, 3.8) is 0 Å². The van der Waals surface area contributed by atoms with E-state index in [0.717, 1.165) is 7.11 Å². The number of carbonyl (C=O) groups is 2. The number of imide groups is 1. The molecule has 1 N–H and O–H groups in total. The highest BCUT2D eigenvalue weighted by Gasteiger charge is 2.38. The first-order valence-electron chi connectivity index (χ1n) is 3.07. The van der Waals surface area contributed by atoms with Crippen molar-refractivity contribution in [3.8, 4) is 0 Å². The molecule has 1 heterocycles. The van der Waals surface area contributed by atoms with Crippen molar-refractivity contribution >= 4 is 11.8 Å². The Morgan fingerprint density at radius 1 is 1.33 bits per heavy atom. The second-order valence-corrected chi connectivity index (χ2v) is 1.84. The number of nitro groups is 1. The highest BCUT2D eigenvalue weighted by molar-refractivity contribution is 6.00. The van der Waals surface area contributed by atoms with Gasteiger partial charge in [-0.3, -0.25) is 9.59 Å². The van der Waals surface area contributed by atoms with Crippen molar-refractivity contribution in [2.24, 2.45) is 0 Å². The van der Waals surface area contributed by atoms with Gasteiger partial charge in [-0.05, 0) is 0 Å². The zero-order valence-electron chi connectivity index (χ0n) is 6.39. The van der Waals surface area contributed by atoms with Gasteiger partial charge in [0.15, 0.2) is 5.03 Å². The molecule has 1 saturated heterocycles. The average molecular weight is 176 g/mol. The summed E-state index contributed by atoms with van der Waals surface area (Å²) in [6, 6.07) is 0. The molecule has 0 aromatic carbocycles. The first-order chi connectivity index (χ1) is 5.63. The summed E-state index contributed by atoms with van der Waals surface area (Å²) in [6.07, 6.45) is -0.0837. The molecular formula is C5H8N2O5. The lowest BCUT2D eigenvalue weighted by atomic mass is 10.4. The molecule has 12 heavy (non-hydrogen) atoms. The van der Waals surface area contributed by atoms with Gasteiger partial charge >= 0.3 is 0 Å². The number of hydrazine groups is 1. The standard InChI is InChI=1S/C4H4N2O4.CH4O/c7-3-1-2-4(8)5(3)6(9)10;1-2/h1-2H2;2H,1H3. The number of aliphatic hydroxyl groups excluding tert-OH is 1. The number of amides is 2. The highest BCUT2D eigenvalue weighted by atomic mass is 16.7. The number of nitrogens with zero attached hydrogens (tertiary/aromatic N) is 2. The SMILES string of the molecule is CO.O=C1CCC(=O)N1[N+](=O)[O-]. The largest absolute Gasteiger partial charge is 0.400 e. The third kappa shape index (κ3) is 1.99. The van der Waals surface area contributed by atoms with Crippen molar-refractivity contribution in [1.82, 2.24) is 5.01 Å². The summed E-state index contributed by atoms with van der Waals surface area (Å²) in [7, 11) is 1.00. The zero-order valence-corrected chi connectivity index (χ0v) is 6.39. The lowest BCUT2D eigenvalue weighted by Crippen LogP contribution is -2.34. The monoisotopic (exact) mass is 176 g/mol. The minimum Gasteiger partial charge on any atom is -0.400 e. The minimum absolute atomic E-state index is 0.0419. The predicted molar refractivity (Wildman–Crippen MR) is 36.2 cm³/mol. The Balaban J connectivity index is 0.000000561. The number of hydrogen-bond donors (Lipinski definition) is 1. The van der Waals surface area contributed by atoms with Crippen LogP contribution in [0.2, 0.25) is 0 Å². The third-order valence-electron chi connectivity index (χ3n) is 1.19. The van der Waals surface area contributed by atoms with E-state index in [1.54, 1.807) is 0 Å². The lowest BCUT2D eigenvalue weighted by Gasteiger charge is -1.98. The van der Waals surface area contributed by atoms with Gasteiger partial charge in [-0.15, -0.1) is 0 Å². The summed E-state index contributed by atoms with van der Waals surface area (Å²) in [5.74, 6) is -1.45. The van der Waals surface area contributed by atoms with E-state index in [1.807, 2.05) is 0 Å². The van der Waals surface area contributed by atoms with Crippen LogP contribution in [0.25, 0.3) is 0 Å². The maximum atomic E-state index is 10.5. The summed E-state index contributed by atoms with van der Waals surface area (Å²) < 4.78 is 0. The Hall–Kier alpha value is -1.50. The molecule has 0 aromatic heterocycles. The average Bonchev–Trinajstić information content (AvgIpc) is 2.35. The van der Waals surface area contributed by atoms with Gasteiger partial charge in [-0.2, -0.15) is 0 Å². The van der Waals surface area contributed by atoms with E-state index in [2.05, 4.69) is 0 Å². The predicted octanol–water partition coefficient (Wildman–Crippen LogP) is -1.06. The van der Waals surface area contributed by atoms with Crippen LogP contribution < -0.4 is 0 Å². The van der Waals surface area contributed by atoms with Gasteiger partial charge in [0, 0.05) is 25.0 Å². The summed E-state index contributed by atoms with van der Waals surface area (Å²) in [4.78, 5) is 30.9. The van der Waals surface area contributed by atoms with Gasteiger partial charge < -0.3 is 5.11 Å². The van der Waals surface area contributed by atoms with E-state index in [1.165, 1.54) is 0 Å². The van der Waals surface area contributed by atoms with Crippen molar-refractivity contribution in [2.45, 2.75) is 12.8 Å². The molecule has 0 radical (unpaired) electrons. The molecule has 1 rings (SSSR count). The Bertz CT molecular complexity index is 198. The van der Waals surface area contributed by atoms with E-state index in [9.17, 15) is 19.7 Å². The first-order valence-corrected chi connectivity index (χ1v) is 3.07. The summed E-state index contributed by atoms with van der Waals surface area (Å²) in [6.45, 7) is 0. The van der Waals surface area contributed by atoms with Crippen LogP contribution in [-0.4, -0.2) is 34.1 Å². The maximum absolute atomic E-state index is 10.5. The number of carbonyl (C=O) groups excluding carboxylic acids is 2. The van der Waals surface area contributed by atoms with Crippen LogP contribution in [0.5, 0.6) is 0 Å². The molecule has 0 atom stereocenters. The summed E-state index contributed by atoms with van der Waals surface area (Å²) in [5.41, 5.74) is 0. The van der Waals surface area contributed by atoms with Crippen molar-refractivity contribution < 1.29 is 19.7 Å². The zero-order chi connectivity index (χ0) is 9.72. The molecule has 1 aliphatic heterocycles. The van der Waals surface area contributed by atoms with E-state index in [4.69, 9.17) is 5.11 Å². The van der Waals surface area contributed by atoms with E-state index in [0.29, 0.717) is 0 Å². The van der Waals surface area contributed by atoms with Crippen LogP contribution in [0.4, 0.5) is 0 Å². The Morgan fingerprint density at radius 2 is 1.67 bits per heavy atom. The van der Waals surface area contributed by atoms with Gasteiger partial charge in [0.05, 0.1) is 0 Å². The molecule has 7 heteroatoms. The van der Waals surface area contributed by atoms with Crippen molar-refractivity contribution in [3.05, 3.63) is 10.1 Å². The molecular weight excluding hydrogens is 168 g/mol. The molecule has 0 bridgehead atoms. The first kappa shape index (κ1) is 10.5. The van der Waals surface area contributed by atoms with E-state index >= 15 is 0 Å². The number of hydrogen-bond acceptors (Lipinski definition) is 5. The smallest absolute Gasteiger partial charge is 0.293 e. The van der Waals surface area contributed by atoms with Crippen molar-refractivity contribution in [2.75, 3.05) is 7.11 Å². The number of aliphatic hydroxyl groups is 1. The Labute approximate surface area is 67.7 Å². The molecule has 0 aromatic rings. The molecule has 0 unspecified atom stereocenters. The molecule has 1 fully saturated rings. The van der Waals surface area contributed by atoms with Crippen LogP contribution in [0.3, 0.4) is 0 Å². The topological polar surface area (TPSA) is 101 Å². The van der Waals surface area contributed by atoms with Gasteiger partial charge in [0.2, 0.25) is 0 Å². The van der Waals surface area contributed by atoms with Crippen LogP contribution in [0, 0.1) is 10.1 Å². The summed E-state index contributed by atoms with van der Waals surface area (Å²) in [5, 5.41) is 16.0. The maximum Gasteiger partial charge on any atom is 0.293 e. The van der Waals surface area contributed by atoms with Gasteiger partial charge in [0.25, 0.3) is 11.8 Å². The molecule has 0 spiro atoms. The minimum atomic E-state index is -0.988. The Morgan fingerprint density at radius 3 is 1.83 bits per heavy atom. The molecule has 68 valence electrons. The van der Waals surface area contributed by atoms with Gasteiger partial charge in [-0.25, -0.2) is 10.1 Å². The van der Waals surface area contributed by atoms with Crippen LogP contribution in [-0.2, 0) is 9.59 Å². The fourth-order valence-electron chi connectivity index (χ4n) is 0.747. The van der Waals surface area contributed by atoms with E-state index < -0.39 is 16.8 Å². The number of rotatable bonds is 1. The van der Waals surface area contributed by atoms with Crippen LogP contribution in [0.15, 0.2) is 0 Å². The Kier molecular flexibility index (Phi) is 3.84. The fourth-order valence-corrected chi connectivity index (χ4v) is 0.747. The second-order valence-electron chi connectivity index (χ2n) is 1.84. The van der Waals surface area contributed by atoms with Crippen LogP contribution in [0.1, 0.15) is 12.8 Å². The lowest BCUT2D eigenvalue weighted by molar-refractivity contribution is -0.613. The highest BCUT2D eigenvalue weighted by Crippen LogP contribution is 2.10. The molecule has 0 saturated carbocycles. The normalized spacial score (nSPS) is 15.7. The molecule has 0 aliphatic carbocycles. The summed E-state index contributed by atoms with van der Waals surface area (Å²) >= 11 is 0. The second kappa shape index (κ2) is 4.39. The quantitative estimate of drug-likeness (QED) is 0.311. The molecule has 7 nitrogen and oxygen atoms in total. The fraction of sp³-hybridized carbons (Fsp3) is 0.600. The van der Waals surface area contributed by atoms with E-state index in [-0.39, 0.29) is 17.9 Å².